The maximum atomic E-state index is 12.9. The normalized spacial score (nSPS) is 13.9. The van der Waals surface area contributed by atoms with Gasteiger partial charge in [-0.05, 0) is 23.8 Å². The van der Waals surface area contributed by atoms with Gasteiger partial charge in [0.2, 0.25) is 10.0 Å². The molecule has 0 saturated heterocycles. The average Bonchev–Trinajstić information content (AvgIpc) is 2.14. The average molecular weight is 233 g/mol. The van der Waals surface area contributed by atoms with Crippen molar-refractivity contribution in [2.45, 2.75) is 10.9 Å². The molecule has 0 radical (unpaired) electrons. The fourth-order valence-electron chi connectivity index (χ4n) is 1.20. The lowest BCUT2D eigenvalue weighted by Gasteiger charge is -2.13. The SMILES string of the molecule is NC[C@@H](N)c1cc(F)ccc1S(N)(=O)=O. The van der Waals surface area contributed by atoms with E-state index in [0.717, 1.165) is 18.2 Å². The molecular formula is C8H12FN3O2S. The Balaban J connectivity index is 3.40. The third kappa shape index (κ3) is 2.72. The number of primary sulfonamides is 1. The highest BCUT2D eigenvalue weighted by atomic mass is 32.2. The van der Waals surface area contributed by atoms with Crippen molar-refractivity contribution in [1.29, 1.82) is 0 Å². The van der Waals surface area contributed by atoms with E-state index < -0.39 is 21.9 Å². The van der Waals surface area contributed by atoms with Gasteiger partial charge in [0.25, 0.3) is 0 Å². The number of rotatable bonds is 3. The summed E-state index contributed by atoms with van der Waals surface area (Å²) in [7, 11) is -3.91. The smallest absolute Gasteiger partial charge is 0.238 e. The van der Waals surface area contributed by atoms with Gasteiger partial charge < -0.3 is 11.5 Å². The van der Waals surface area contributed by atoms with Crippen LogP contribution in [0.2, 0.25) is 0 Å². The summed E-state index contributed by atoms with van der Waals surface area (Å²) in [4.78, 5) is -0.193. The molecule has 0 heterocycles. The van der Waals surface area contributed by atoms with E-state index in [1.165, 1.54) is 0 Å². The first-order chi connectivity index (χ1) is 6.86. The number of hydrogen-bond acceptors (Lipinski definition) is 4. The van der Waals surface area contributed by atoms with Gasteiger partial charge in [0.1, 0.15) is 5.82 Å². The van der Waals surface area contributed by atoms with Crippen molar-refractivity contribution in [1.82, 2.24) is 0 Å². The van der Waals surface area contributed by atoms with Crippen molar-refractivity contribution in [2.75, 3.05) is 6.54 Å². The number of sulfonamides is 1. The molecule has 1 atom stereocenters. The maximum Gasteiger partial charge on any atom is 0.238 e. The zero-order valence-electron chi connectivity index (χ0n) is 7.85. The van der Waals surface area contributed by atoms with Crippen LogP contribution < -0.4 is 16.6 Å². The van der Waals surface area contributed by atoms with Crippen LogP contribution >= 0.6 is 0 Å². The highest BCUT2D eigenvalue weighted by Crippen LogP contribution is 2.20. The van der Waals surface area contributed by atoms with Crippen molar-refractivity contribution in [3.8, 4) is 0 Å². The van der Waals surface area contributed by atoms with Crippen LogP contribution in [0.3, 0.4) is 0 Å². The highest BCUT2D eigenvalue weighted by Gasteiger charge is 2.18. The van der Waals surface area contributed by atoms with Crippen LogP contribution in [0.5, 0.6) is 0 Å². The third-order valence-electron chi connectivity index (χ3n) is 1.93. The summed E-state index contributed by atoms with van der Waals surface area (Å²) < 4.78 is 35.2. The molecule has 0 aliphatic rings. The lowest BCUT2D eigenvalue weighted by atomic mass is 10.1. The summed E-state index contributed by atoms with van der Waals surface area (Å²) >= 11 is 0. The summed E-state index contributed by atoms with van der Waals surface area (Å²) in [5.74, 6) is -0.582. The summed E-state index contributed by atoms with van der Waals surface area (Å²) in [6, 6.07) is 2.35. The molecule has 0 bridgehead atoms. The molecule has 1 aromatic carbocycles. The Morgan fingerprint density at radius 2 is 2.00 bits per heavy atom. The molecule has 1 aromatic rings. The van der Waals surface area contributed by atoms with E-state index in [9.17, 15) is 12.8 Å². The van der Waals surface area contributed by atoms with Gasteiger partial charge >= 0.3 is 0 Å². The fraction of sp³-hybridized carbons (Fsp3) is 0.250. The van der Waals surface area contributed by atoms with Gasteiger partial charge in [0, 0.05) is 12.6 Å². The van der Waals surface area contributed by atoms with Crippen molar-refractivity contribution >= 4 is 10.0 Å². The topological polar surface area (TPSA) is 112 Å². The molecule has 0 saturated carbocycles. The zero-order valence-corrected chi connectivity index (χ0v) is 8.67. The van der Waals surface area contributed by atoms with Gasteiger partial charge in [0.15, 0.2) is 0 Å². The lowest BCUT2D eigenvalue weighted by Crippen LogP contribution is -2.25. The van der Waals surface area contributed by atoms with Crippen molar-refractivity contribution < 1.29 is 12.8 Å². The third-order valence-corrected chi connectivity index (χ3v) is 2.92. The predicted octanol–water partition coefficient (Wildman–Crippen LogP) is -0.568. The largest absolute Gasteiger partial charge is 0.329 e. The number of benzene rings is 1. The minimum atomic E-state index is -3.91. The first-order valence-electron chi connectivity index (χ1n) is 4.14. The van der Waals surface area contributed by atoms with Crippen LogP contribution in [0.4, 0.5) is 4.39 Å². The van der Waals surface area contributed by atoms with E-state index in [0.29, 0.717) is 0 Å². The molecule has 5 nitrogen and oxygen atoms in total. The second kappa shape index (κ2) is 4.23. The van der Waals surface area contributed by atoms with E-state index in [4.69, 9.17) is 16.6 Å². The van der Waals surface area contributed by atoms with Gasteiger partial charge in [-0.25, -0.2) is 17.9 Å². The Hall–Kier alpha value is -1.02. The molecule has 0 aliphatic carbocycles. The van der Waals surface area contributed by atoms with E-state index in [1.54, 1.807) is 0 Å². The van der Waals surface area contributed by atoms with Crippen molar-refractivity contribution in [3.63, 3.8) is 0 Å². The highest BCUT2D eigenvalue weighted by molar-refractivity contribution is 7.89. The number of hydrogen-bond donors (Lipinski definition) is 3. The number of halogens is 1. The molecule has 6 N–H and O–H groups in total. The van der Waals surface area contributed by atoms with Crippen LogP contribution in [0.15, 0.2) is 23.1 Å². The molecule has 0 amide bonds. The van der Waals surface area contributed by atoms with E-state index in [2.05, 4.69) is 0 Å². The minimum Gasteiger partial charge on any atom is -0.329 e. The maximum absolute atomic E-state index is 12.9. The fourth-order valence-corrected chi connectivity index (χ4v) is 1.99. The van der Waals surface area contributed by atoms with Crippen LogP contribution in [0, 0.1) is 5.82 Å². The Morgan fingerprint density at radius 3 is 2.47 bits per heavy atom. The minimum absolute atomic E-state index is 0.00593. The second-order valence-electron chi connectivity index (χ2n) is 3.07. The summed E-state index contributed by atoms with van der Waals surface area (Å²) in [5.41, 5.74) is 10.9. The summed E-state index contributed by atoms with van der Waals surface area (Å²) in [6.45, 7) is 0.00593. The molecule has 15 heavy (non-hydrogen) atoms. The molecule has 0 fully saturated rings. The summed E-state index contributed by atoms with van der Waals surface area (Å²) in [5, 5.41) is 4.95. The van der Waals surface area contributed by atoms with Crippen LogP contribution in [0.25, 0.3) is 0 Å². The van der Waals surface area contributed by atoms with Crippen molar-refractivity contribution in [2.24, 2.45) is 16.6 Å². The Labute approximate surface area is 87.1 Å². The Bertz CT molecular complexity index is 461. The quantitative estimate of drug-likeness (QED) is 0.649. The van der Waals surface area contributed by atoms with Crippen LogP contribution in [-0.4, -0.2) is 15.0 Å². The summed E-state index contributed by atoms with van der Waals surface area (Å²) in [6.07, 6.45) is 0. The number of nitrogens with two attached hydrogens (primary N) is 3. The van der Waals surface area contributed by atoms with E-state index in [1.807, 2.05) is 0 Å². The first kappa shape index (κ1) is 12.1. The standard InChI is InChI=1S/C8H12FN3O2S/c9-5-1-2-8(15(12,13)14)6(3-5)7(11)4-10/h1-3,7H,4,10-11H2,(H2,12,13,14)/t7-/m1/s1. The second-order valence-corrected chi connectivity index (χ2v) is 4.60. The Morgan fingerprint density at radius 1 is 1.40 bits per heavy atom. The first-order valence-corrected chi connectivity index (χ1v) is 5.69. The van der Waals surface area contributed by atoms with Gasteiger partial charge in [-0.3, -0.25) is 0 Å². The molecule has 1 rings (SSSR count). The Kier molecular flexibility index (Phi) is 3.40. The predicted molar refractivity (Wildman–Crippen MR) is 53.8 cm³/mol. The molecule has 0 spiro atoms. The monoisotopic (exact) mass is 233 g/mol. The van der Waals surface area contributed by atoms with E-state index >= 15 is 0 Å². The van der Waals surface area contributed by atoms with Gasteiger partial charge in [-0.15, -0.1) is 0 Å². The molecule has 7 heteroatoms. The molecule has 0 unspecified atom stereocenters. The van der Waals surface area contributed by atoms with Gasteiger partial charge in [0.05, 0.1) is 4.90 Å². The van der Waals surface area contributed by atoms with Crippen LogP contribution in [-0.2, 0) is 10.0 Å². The molecule has 0 aromatic heterocycles. The molecule has 0 aliphatic heterocycles. The van der Waals surface area contributed by atoms with Crippen LogP contribution in [0.1, 0.15) is 11.6 Å². The zero-order chi connectivity index (χ0) is 11.6. The van der Waals surface area contributed by atoms with Gasteiger partial charge in [-0.1, -0.05) is 0 Å². The van der Waals surface area contributed by atoms with Crippen molar-refractivity contribution in [3.05, 3.63) is 29.6 Å². The van der Waals surface area contributed by atoms with E-state index in [-0.39, 0.29) is 17.0 Å². The lowest BCUT2D eigenvalue weighted by molar-refractivity contribution is 0.589. The molecule has 84 valence electrons. The van der Waals surface area contributed by atoms with Gasteiger partial charge in [-0.2, -0.15) is 0 Å². The molecular weight excluding hydrogens is 221 g/mol.